The third kappa shape index (κ3) is 6.13. The van der Waals surface area contributed by atoms with Crippen LogP contribution < -0.4 is 5.32 Å². The third-order valence-electron chi connectivity index (χ3n) is 4.80. The van der Waals surface area contributed by atoms with Crippen molar-refractivity contribution in [3.05, 3.63) is 0 Å². The minimum atomic E-state index is 0.360. The van der Waals surface area contributed by atoms with Crippen molar-refractivity contribution in [3.63, 3.8) is 0 Å². The van der Waals surface area contributed by atoms with Gasteiger partial charge in [0, 0.05) is 12.6 Å². The van der Waals surface area contributed by atoms with Crippen LogP contribution in [0, 0.1) is 17.3 Å². The molecule has 2 nitrogen and oxygen atoms in total. The fourth-order valence-corrected chi connectivity index (χ4v) is 3.42. The van der Waals surface area contributed by atoms with E-state index in [0.29, 0.717) is 17.6 Å². The molecule has 1 aliphatic carbocycles. The van der Waals surface area contributed by atoms with Gasteiger partial charge < -0.3 is 10.1 Å². The zero-order chi connectivity index (χ0) is 15.2. The Kier molecular flexibility index (Phi) is 7.53. The summed E-state index contributed by atoms with van der Waals surface area (Å²) in [5, 5.41) is 3.78. The molecule has 1 saturated carbocycles. The fourth-order valence-electron chi connectivity index (χ4n) is 3.42. The normalized spacial score (nSPS) is 28.1. The molecular weight excluding hydrogens is 246 g/mol. The first kappa shape index (κ1) is 18.0. The summed E-state index contributed by atoms with van der Waals surface area (Å²) in [6.45, 7) is 15.8. The van der Waals surface area contributed by atoms with Crippen LogP contribution in [0.25, 0.3) is 0 Å². The van der Waals surface area contributed by atoms with E-state index in [0.717, 1.165) is 25.0 Å². The summed E-state index contributed by atoms with van der Waals surface area (Å²) in [4.78, 5) is 0. The highest BCUT2D eigenvalue weighted by molar-refractivity contribution is 4.89. The van der Waals surface area contributed by atoms with Crippen molar-refractivity contribution in [2.45, 2.75) is 85.8 Å². The average Bonchev–Trinajstić information content (AvgIpc) is 2.35. The van der Waals surface area contributed by atoms with Crippen LogP contribution in [0.3, 0.4) is 0 Å². The minimum Gasteiger partial charge on any atom is -0.379 e. The second-order valence-corrected chi connectivity index (χ2v) is 7.90. The van der Waals surface area contributed by atoms with Crippen molar-refractivity contribution in [2.75, 3.05) is 13.2 Å². The first-order valence-corrected chi connectivity index (χ1v) is 8.69. The molecule has 1 aliphatic rings. The van der Waals surface area contributed by atoms with Gasteiger partial charge in [-0.05, 0) is 69.7 Å². The van der Waals surface area contributed by atoms with E-state index in [1.54, 1.807) is 0 Å². The molecule has 0 aromatic carbocycles. The first-order valence-electron chi connectivity index (χ1n) is 8.69. The van der Waals surface area contributed by atoms with E-state index in [4.69, 9.17) is 4.74 Å². The van der Waals surface area contributed by atoms with Gasteiger partial charge in [-0.3, -0.25) is 0 Å². The molecule has 0 radical (unpaired) electrons. The third-order valence-corrected chi connectivity index (χ3v) is 4.80. The lowest BCUT2D eigenvalue weighted by Gasteiger charge is -2.42. The van der Waals surface area contributed by atoms with E-state index in [2.05, 4.69) is 46.9 Å². The standard InChI is InChI=1S/C18H37NO/c1-7-11-19-17-9-8-16(18(4,5)6)13-15(17)10-12-20-14(2)3/h14-17,19H,7-13H2,1-6H3. The van der Waals surface area contributed by atoms with Crippen LogP contribution in [0.15, 0.2) is 0 Å². The predicted octanol–water partition coefficient (Wildman–Crippen LogP) is 4.63. The van der Waals surface area contributed by atoms with Gasteiger partial charge in [0.25, 0.3) is 0 Å². The maximum atomic E-state index is 5.79. The maximum absolute atomic E-state index is 5.79. The molecule has 0 heterocycles. The molecular formula is C18H37NO. The van der Waals surface area contributed by atoms with E-state index in [1.165, 1.54) is 32.1 Å². The number of rotatable bonds is 7. The Morgan fingerprint density at radius 1 is 1.20 bits per heavy atom. The molecule has 0 bridgehead atoms. The molecule has 0 saturated heterocycles. The Labute approximate surface area is 127 Å². The molecule has 1 fully saturated rings. The molecule has 1 rings (SSSR count). The zero-order valence-corrected chi connectivity index (χ0v) is 14.7. The van der Waals surface area contributed by atoms with Crippen molar-refractivity contribution in [3.8, 4) is 0 Å². The van der Waals surface area contributed by atoms with Crippen molar-refractivity contribution in [1.82, 2.24) is 5.32 Å². The van der Waals surface area contributed by atoms with Gasteiger partial charge in [-0.25, -0.2) is 0 Å². The number of hydrogen-bond acceptors (Lipinski definition) is 2. The Balaban J connectivity index is 2.53. The predicted molar refractivity (Wildman–Crippen MR) is 88.1 cm³/mol. The summed E-state index contributed by atoms with van der Waals surface area (Å²) in [6, 6.07) is 0.712. The van der Waals surface area contributed by atoms with E-state index >= 15 is 0 Å². The van der Waals surface area contributed by atoms with Gasteiger partial charge in [-0.2, -0.15) is 0 Å². The van der Waals surface area contributed by atoms with Gasteiger partial charge in [-0.15, -0.1) is 0 Å². The molecule has 1 N–H and O–H groups in total. The molecule has 20 heavy (non-hydrogen) atoms. The SMILES string of the molecule is CCCNC1CCC(C(C)(C)C)CC1CCOC(C)C. The van der Waals surface area contributed by atoms with Gasteiger partial charge in [0.2, 0.25) is 0 Å². The number of nitrogens with one attached hydrogen (secondary N) is 1. The largest absolute Gasteiger partial charge is 0.379 e. The lowest BCUT2D eigenvalue weighted by Crippen LogP contribution is -2.43. The summed E-state index contributed by atoms with van der Waals surface area (Å²) < 4.78 is 5.79. The minimum absolute atomic E-state index is 0.360. The van der Waals surface area contributed by atoms with E-state index in [9.17, 15) is 0 Å². The van der Waals surface area contributed by atoms with Crippen LogP contribution in [0.4, 0.5) is 0 Å². The van der Waals surface area contributed by atoms with E-state index < -0.39 is 0 Å². The molecule has 3 atom stereocenters. The van der Waals surface area contributed by atoms with Crippen molar-refractivity contribution < 1.29 is 4.74 Å². The van der Waals surface area contributed by atoms with Gasteiger partial charge in [-0.1, -0.05) is 27.7 Å². The van der Waals surface area contributed by atoms with Crippen LogP contribution in [-0.4, -0.2) is 25.3 Å². The summed E-state index contributed by atoms with van der Waals surface area (Å²) in [5.74, 6) is 1.66. The van der Waals surface area contributed by atoms with Gasteiger partial charge in [0.15, 0.2) is 0 Å². The van der Waals surface area contributed by atoms with Crippen molar-refractivity contribution in [2.24, 2.45) is 17.3 Å². The highest BCUT2D eigenvalue weighted by Gasteiger charge is 2.35. The summed E-state index contributed by atoms with van der Waals surface area (Å²) in [5.41, 5.74) is 0.451. The van der Waals surface area contributed by atoms with Crippen molar-refractivity contribution >= 4 is 0 Å². The van der Waals surface area contributed by atoms with Crippen LogP contribution in [0.1, 0.15) is 73.6 Å². The van der Waals surface area contributed by atoms with Crippen LogP contribution >= 0.6 is 0 Å². The van der Waals surface area contributed by atoms with Gasteiger partial charge in [0.05, 0.1) is 6.10 Å². The Morgan fingerprint density at radius 3 is 2.45 bits per heavy atom. The average molecular weight is 284 g/mol. The van der Waals surface area contributed by atoms with Crippen LogP contribution in [0.2, 0.25) is 0 Å². The van der Waals surface area contributed by atoms with Gasteiger partial charge >= 0.3 is 0 Å². The van der Waals surface area contributed by atoms with Crippen LogP contribution in [0.5, 0.6) is 0 Å². The number of hydrogen-bond donors (Lipinski definition) is 1. The molecule has 0 aromatic heterocycles. The quantitative estimate of drug-likeness (QED) is 0.735. The molecule has 3 unspecified atom stereocenters. The summed E-state index contributed by atoms with van der Waals surface area (Å²) in [7, 11) is 0. The lowest BCUT2D eigenvalue weighted by molar-refractivity contribution is 0.0447. The van der Waals surface area contributed by atoms with Crippen LogP contribution in [-0.2, 0) is 4.74 Å². The molecule has 2 heteroatoms. The Hall–Kier alpha value is -0.0800. The second kappa shape index (κ2) is 8.38. The second-order valence-electron chi connectivity index (χ2n) is 7.90. The maximum Gasteiger partial charge on any atom is 0.0518 e. The smallest absolute Gasteiger partial charge is 0.0518 e. The molecule has 0 aliphatic heterocycles. The molecule has 0 aromatic rings. The van der Waals surface area contributed by atoms with E-state index in [-0.39, 0.29) is 0 Å². The van der Waals surface area contributed by atoms with E-state index in [1.807, 2.05) is 0 Å². The first-order chi connectivity index (χ1) is 9.34. The molecule has 120 valence electrons. The monoisotopic (exact) mass is 283 g/mol. The number of ether oxygens (including phenoxy) is 1. The fraction of sp³-hybridized carbons (Fsp3) is 1.00. The molecule has 0 spiro atoms. The highest BCUT2D eigenvalue weighted by Crippen LogP contribution is 2.41. The topological polar surface area (TPSA) is 21.3 Å². The Bertz CT molecular complexity index is 257. The lowest BCUT2D eigenvalue weighted by atomic mass is 9.67. The molecule has 0 amide bonds. The van der Waals surface area contributed by atoms with Gasteiger partial charge in [0.1, 0.15) is 0 Å². The summed E-state index contributed by atoms with van der Waals surface area (Å²) in [6.07, 6.45) is 6.90. The zero-order valence-electron chi connectivity index (χ0n) is 14.7. The summed E-state index contributed by atoms with van der Waals surface area (Å²) >= 11 is 0. The Morgan fingerprint density at radius 2 is 1.90 bits per heavy atom. The highest BCUT2D eigenvalue weighted by atomic mass is 16.5. The van der Waals surface area contributed by atoms with Crippen molar-refractivity contribution in [1.29, 1.82) is 0 Å².